The van der Waals surface area contributed by atoms with E-state index in [1.807, 2.05) is 0 Å². The number of hydrogen-bond donors (Lipinski definition) is 1. The minimum Gasteiger partial charge on any atom is -0.297 e. The van der Waals surface area contributed by atoms with Gasteiger partial charge in [0, 0.05) is 37.3 Å². The van der Waals surface area contributed by atoms with Crippen molar-refractivity contribution < 1.29 is 16.8 Å². The average molecular weight is 401 g/mol. The van der Waals surface area contributed by atoms with Gasteiger partial charge >= 0.3 is 0 Å². The van der Waals surface area contributed by atoms with Gasteiger partial charge in [0.25, 0.3) is 0 Å². The summed E-state index contributed by atoms with van der Waals surface area (Å²) in [6.45, 7) is 2.53. The van der Waals surface area contributed by atoms with E-state index in [2.05, 4.69) is 21.1 Å². The Bertz CT molecular complexity index is 965. The number of nitrogens with one attached hydrogen (secondary N) is 1. The smallest absolute Gasteiger partial charge is 0.241 e. The van der Waals surface area contributed by atoms with Crippen molar-refractivity contribution in [3.8, 4) is 0 Å². The standard InChI is InChI=1S/C16H20N2O4S3/c1-24(19,20)15-4-2-3-5-16(15)25(21,22)17-8-10-18-9-6-14-13(12-18)7-11-23-14/h2-5,7,11,17H,6,8-10,12H2,1H3. The van der Waals surface area contributed by atoms with Gasteiger partial charge in [0.1, 0.15) is 4.90 Å². The van der Waals surface area contributed by atoms with E-state index in [-0.39, 0.29) is 16.3 Å². The third kappa shape index (κ3) is 4.29. The maximum Gasteiger partial charge on any atom is 0.241 e. The Labute approximate surface area is 152 Å². The molecule has 0 unspecified atom stereocenters. The number of benzene rings is 1. The summed E-state index contributed by atoms with van der Waals surface area (Å²) in [6.07, 6.45) is 1.99. The van der Waals surface area contributed by atoms with Crippen LogP contribution in [0, 0.1) is 0 Å². The highest BCUT2D eigenvalue weighted by molar-refractivity contribution is 7.93. The zero-order valence-electron chi connectivity index (χ0n) is 13.8. The van der Waals surface area contributed by atoms with Gasteiger partial charge in [0.2, 0.25) is 10.0 Å². The molecule has 0 saturated heterocycles. The fraction of sp³-hybridized carbons (Fsp3) is 0.375. The summed E-state index contributed by atoms with van der Waals surface area (Å²) < 4.78 is 51.2. The zero-order chi connectivity index (χ0) is 18.1. The molecule has 0 bridgehead atoms. The molecule has 1 aromatic heterocycles. The molecule has 6 nitrogen and oxygen atoms in total. The third-order valence-electron chi connectivity index (χ3n) is 4.14. The molecule has 9 heteroatoms. The van der Waals surface area contributed by atoms with Gasteiger partial charge in [-0.1, -0.05) is 12.1 Å². The number of sulfone groups is 1. The summed E-state index contributed by atoms with van der Waals surface area (Å²) in [7, 11) is -7.50. The Morgan fingerprint density at radius 3 is 2.56 bits per heavy atom. The van der Waals surface area contributed by atoms with Crippen molar-refractivity contribution in [2.45, 2.75) is 22.8 Å². The molecular weight excluding hydrogens is 380 g/mol. The number of nitrogens with zero attached hydrogens (tertiary/aromatic N) is 1. The van der Waals surface area contributed by atoms with Crippen LogP contribution in [0.25, 0.3) is 0 Å². The molecule has 1 aliphatic heterocycles. The number of fused-ring (bicyclic) bond motifs is 1. The first kappa shape index (κ1) is 18.5. The van der Waals surface area contributed by atoms with Gasteiger partial charge in [-0.25, -0.2) is 21.6 Å². The summed E-state index contributed by atoms with van der Waals surface area (Å²) in [5, 5.41) is 2.08. The molecular formula is C16H20N2O4S3. The molecule has 25 heavy (non-hydrogen) atoms. The molecule has 0 spiro atoms. The summed E-state index contributed by atoms with van der Waals surface area (Å²) in [5.41, 5.74) is 1.31. The molecule has 0 radical (unpaired) electrons. The number of rotatable bonds is 6. The van der Waals surface area contributed by atoms with Crippen LogP contribution in [-0.4, -0.2) is 47.6 Å². The summed E-state index contributed by atoms with van der Waals surface area (Å²) >= 11 is 1.76. The van der Waals surface area contributed by atoms with Crippen molar-refractivity contribution in [2.24, 2.45) is 0 Å². The third-order valence-corrected chi connectivity index (χ3v) is 7.97. The first-order valence-electron chi connectivity index (χ1n) is 7.84. The lowest BCUT2D eigenvalue weighted by atomic mass is 10.1. The minimum absolute atomic E-state index is 0.177. The summed E-state index contributed by atoms with van der Waals surface area (Å²) in [6, 6.07) is 7.77. The maximum atomic E-state index is 12.5. The van der Waals surface area contributed by atoms with E-state index >= 15 is 0 Å². The van der Waals surface area contributed by atoms with Crippen LogP contribution in [0.3, 0.4) is 0 Å². The molecule has 3 rings (SSSR count). The summed E-state index contributed by atoms with van der Waals surface area (Å²) in [5.74, 6) is 0. The highest BCUT2D eigenvalue weighted by Gasteiger charge is 2.23. The Balaban J connectivity index is 1.66. The number of hydrogen-bond acceptors (Lipinski definition) is 6. The predicted molar refractivity (Wildman–Crippen MR) is 98.0 cm³/mol. The number of sulfonamides is 1. The van der Waals surface area contributed by atoms with Gasteiger partial charge in [-0.3, -0.25) is 4.90 Å². The monoisotopic (exact) mass is 400 g/mol. The fourth-order valence-electron chi connectivity index (χ4n) is 2.89. The van der Waals surface area contributed by atoms with Crippen LogP contribution in [0.15, 0.2) is 45.5 Å². The normalized spacial score (nSPS) is 15.9. The Morgan fingerprint density at radius 1 is 1.12 bits per heavy atom. The van der Waals surface area contributed by atoms with Gasteiger partial charge in [-0.2, -0.15) is 0 Å². The molecule has 1 aliphatic rings. The number of thiophene rings is 1. The van der Waals surface area contributed by atoms with Gasteiger partial charge in [0.05, 0.1) is 4.90 Å². The summed E-state index contributed by atoms with van der Waals surface area (Å²) in [4.78, 5) is 3.22. The Kier molecular flexibility index (Phi) is 5.31. The first-order chi connectivity index (χ1) is 11.8. The van der Waals surface area contributed by atoms with Crippen LogP contribution >= 0.6 is 11.3 Å². The van der Waals surface area contributed by atoms with Crippen molar-refractivity contribution in [2.75, 3.05) is 25.9 Å². The Hall–Kier alpha value is -1.26. The van der Waals surface area contributed by atoms with Crippen molar-refractivity contribution in [1.82, 2.24) is 9.62 Å². The molecule has 136 valence electrons. The van der Waals surface area contributed by atoms with Crippen molar-refractivity contribution in [3.63, 3.8) is 0 Å². The van der Waals surface area contributed by atoms with E-state index in [9.17, 15) is 16.8 Å². The van der Waals surface area contributed by atoms with E-state index in [0.717, 1.165) is 25.8 Å². The van der Waals surface area contributed by atoms with Gasteiger partial charge in [-0.15, -0.1) is 11.3 Å². The molecule has 2 aromatic rings. The maximum absolute atomic E-state index is 12.5. The molecule has 2 heterocycles. The van der Waals surface area contributed by atoms with Crippen LogP contribution in [0.2, 0.25) is 0 Å². The molecule has 0 saturated carbocycles. The van der Waals surface area contributed by atoms with Crippen molar-refractivity contribution in [1.29, 1.82) is 0 Å². The lowest BCUT2D eigenvalue weighted by Gasteiger charge is -2.26. The molecule has 0 aliphatic carbocycles. The Morgan fingerprint density at radius 2 is 1.84 bits per heavy atom. The van der Waals surface area contributed by atoms with Crippen LogP contribution in [0.5, 0.6) is 0 Å². The average Bonchev–Trinajstić information content (AvgIpc) is 3.01. The molecule has 1 N–H and O–H groups in total. The van der Waals surface area contributed by atoms with Crippen LogP contribution < -0.4 is 4.72 Å². The molecule has 0 fully saturated rings. The predicted octanol–water partition coefficient (Wildman–Crippen LogP) is 1.49. The second kappa shape index (κ2) is 7.16. The quantitative estimate of drug-likeness (QED) is 0.794. The van der Waals surface area contributed by atoms with E-state index in [1.165, 1.54) is 34.7 Å². The SMILES string of the molecule is CS(=O)(=O)c1ccccc1S(=O)(=O)NCCN1CCc2sccc2C1. The lowest BCUT2D eigenvalue weighted by Crippen LogP contribution is -2.37. The van der Waals surface area contributed by atoms with Gasteiger partial charge in [0.15, 0.2) is 9.84 Å². The van der Waals surface area contributed by atoms with Crippen LogP contribution in [0.1, 0.15) is 10.4 Å². The lowest BCUT2D eigenvalue weighted by molar-refractivity contribution is 0.260. The largest absolute Gasteiger partial charge is 0.297 e. The second-order valence-electron chi connectivity index (χ2n) is 6.01. The fourth-order valence-corrected chi connectivity index (χ4v) is 6.43. The van der Waals surface area contributed by atoms with Crippen LogP contribution in [-0.2, 0) is 32.8 Å². The van der Waals surface area contributed by atoms with Crippen molar-refractivity contribution >= 4 is 31.2 Å². The van der Waals surface area contributed by atoms with E-state index in [0.29, 0.717) is 6.54 Å². The zero-order valence-corrected chi connectivity index (χ0v) is 16.3. The first-order valence-corrected chi connectivity index (χ1v) is 12.1. The van der Waals surface area contributed by atoms with Gasteiger partial charge in [-0.05, 0) is 35.6 Å². The van der Waals surface area contributed by atoms with E-state index in [4.69, 9.17) is 0 Å². The molecule has 1 aromatic carbocycles. The van der Waals surface area contributed by atoms with E-state index in [1.54, 1.807) is 11.3 Å². The highest BCUT2D eigenvalue weighted by Crippen LogP contribution is 2.24. The minimum atomic E-state index is -3.88. The molecule has 0 atom stereocenters. The van der Waals surface area contributed by atoms with Crippen LogP contribution in [0.4, 0.5) is 0 Å². The molecule has 0 amide bonds. The topological polar surface area (TPSA) is 83.5 Å². The van der Waals surface area contributed by atoms with Crippen molar-refractivity contribution in [3.05, 3.63) is 46.2 Å². The second-order valence-corrected chi connectivity index (χ2v) is 10.7. The van der Waals surface area contributed by atoms with Gasteiger partial charge < -0.3 is 0 Å². The van der Waals surface area contributed by atoms with E-state index < -0.39 is 19.9 Å². The highest BCUT2D eigenvalue weighted by atomic mass is 32.2.